The first-order chi connectivity index (χ1) is 12.1. The molecule has 1 unspecified atom stereocenters. The van der Waals surface area contributed by atoms with E-state index in [2.05, 4.69) is 16.7 Å². The maximum atomic E-state index is 12.7. The van der Waals surface area contributed by atoms with Crippen LogP contribution >= 0.6 is 0 Å². The maximum absolute atomic E-state index is 12.7. The molecule has 4 rings (SSSR count). The Bertz CT molecular complexity index is 727. The lowest BCUT2D eigenvalue weighted by atomic mass is 9.90. The highest BCUT2D eigenvalue weighted by Gasteiger charge is 2.52. The Morgan fingerprint density at radius 1 is 1.28 bits per heavy atom. The van der Waals surface area contributed by atoms with Gasteiger partial charge in [-0.05, 0) is 24.0 Å². The number of carbonyl (C=O) groups is 3. The van der Waals surface area contributed by atoms with E-state index in [1.54, 1.807) is 0 Å². The Kier molecular flexibility index (Phi) is 3.95. The Balaban J connectivity index is 1.41. The molecular weight excluding hydrogens is 322 g/mol. The molecule has 2 saturated heterocycles. The average molecular weight is 343 g/mol. The van der Waals surface area contributed by atoms with Crippen molar-refractivity contribution in [1.82, 2.24) is 15.5 Å². The highest BCUT2D eigenvalue weighted by molar-refractivity contribution is 6.09. The molecule has 7 heteroatoms. The lowest BCUT2D eigenvalue weighted by Crippen LogP contribution is -2.51. The van der Waals surface area contributed by atoms with Crippen LogP contribution in [0.2, 0.25) is 0 Å². The normalized spacial score (nSPS) is 24.3. The van der Waals surface area contributed by atoms with Crippen molar-refractivity contribution in [1.29, 1.82) is 0 Å². The number of nitrogens with one attached hydrogen (secondary N) is 2. The van der Waals surface area contributed by atoms with Crippen molar-refractivity contribution in [3.05, 3.63) is 35.4 Å². The van der Waals surface area contributed by atoms with E-state index in [-0.39, 0.29) is 24.4 Å². The molecule has 7 nitrogen and oxygen atoms in total. The van der Waals surface area contributed by atoms with Gasteiger partial charge in [-0.25, -0.2) is 4.79 Å². The number of amides is 4. The quantitative estimate of drug-likeness (QED) is 0.798. The number of urea groups is 1. The number of hydrogen-bond acceptors (Lipinski definition) is 4. The lowest BCUT2D eigenvalue weighted by molar-refractivity contribution is -0.137. The summed E-state index contributed by atoms with van der Waals surface area (Å²) < 4.78 is 5.28. The van der Waals surface area contributed by atoms with Crippen molar-refractivity contribution in [2.45, 2.75) is 37.3 Å². The minimum Gasteiger partial charge on any atom is -0.381 e. The maximum Gasteiger partial charge on any atom is 0.325 e. The zero-order valence-corrected chi connectivity index (χ0v) is 13.9. The van der Waals surface area contributed by atoms with Crippen molar-refractivity contribution in [3.63, 3.8) is 0 Å². The van der Waals surface area contributed by atoms with Gasteiger partial charge in [-0.2, -0.15) is 0 Å². The number of carbonyl (C=O) groups excluding carboxylic acids is 3. The summed E-state index contributed by atoms with van der Waals surface area (Å²) in [5.41, 5.74) is 1.47. The molecule has 1 spiro atoms. The monoisotopic (exact) mass is 343 g/mol. The lowest BCUT2D eigenvalue weighted by Gasteiger charge is -2.30. The molecule has 2 aliphatic heterocycles. The van der Waals surface area contributed by atoms with Crippen molar-refractivity contribution in [2.24, 2.45) is 0 Å². The average Bonchev–Trinajstić information content (AvgIpc) is 3.11. The van der Waals surface area contributed by atoms with Crippen LogP contribution in [0.25, 0.3) is 0 Å². The van der Waals surface area contributed by atoms with Crippen molar-refractivity contribution >= 4 is 17.8 Å². The molecule has 2 heterocycles. The highest BCUT2D eigenvalue weighted by atomic mass is 16.5. The van der Waals surface area contributed by atoms with Gasteiger partial charge in [0, 0.05) is 26.1 Å². The first-order valence-electron chi connectivity index (χ1n) is 8.68. The van der Waals surface area contributed by atoms with Gasteiger partial charge in [-0.15, -0.1) is 0 Å². The Hall–Kier alpha value is -2.41. The molecule has 1 aromatic rings. The first-order valence-corrected chi connectivity index (χ1v) is 8.68. The molecule has 1 atom stereocenters. The third-order valence-corrected chi connectivity index (χ3v) is 5.36. The zero-order valence-electron chi connectivity index (χ0n) is 13.9. The summed E-state index contributed by atoms with van der Waals surface area (Å²) in [5.74, 6) is -0.628. The van der Waals surface area contributed by atoms with Gasteiger partial charge in [0.15, 0.2) is 0 Å². The van der Waals surface area contributed by atoms with Crippen molar-refractivity contribution in [3.8, 4) is 0 Å². The smallest absolute Gasteiger partial charge is 0.325 e. The van der Waals surface area contributed by atoms with Gasteiger partial charge in [0.1, 0.15) is 12.1 Å². The molecule has 25 heavy (non-hydrogen) atoms. The minimum absolute atomic E-state index is 0.0542. The van der Waals surface area contributed by atoms with Crippen LogP contribution in [0.4, 0.5) is 4.79 Å². The second-order valence-corrected chi connectivity index (χ2v) is 6.87. The van der Waals surface area contributed by atoms with Gasteiger partial charge in [-0.3, -0.25) is 14.5 Å². The minimum atomic E-state index is -0.893. The van der Waals surface area contributed by atoms with E-state index >= 15 is 0 Å². The Morgan fingerprint density at radius 3 is 2.84 bits per heavy atom. The van der Waals surface area contributed by atoms with E-state index in [1.165, 1.54) is 5.56 Å². The summed E-state index contributed by atoms with van der Waals surface area (Å²) in [7, 11) is 0. The number of fused-ring (bicyclic) bond motifs is 1. The zero-order chi connectivity index (χ0) is 17.4. The van der Waals surface area contributed by atoms with Gasteiger partial charge in [-0.1, -0.05) is 24.3 Å². The number of hydrogen-bond donors (Lipinski definition) is 2. The molecule has 0 bridgehead atoms. The van der Waals surface area contributed by atoms with Crippen molar-refractivity contribution in [2.75, 3.05) is 19.8 Å². The Labute approximate surface area is 145 Å². The van der Waals surface area contributed by atoms with Crippen LogP contribution in [0.1, 0.15) is 36.4 Å². The fraction of sp³-hybridized carbons (Fsp3) is 0.500. The van der Waals surface area contributed by atoms with E-state index in [4.69, 9.17) is 4.74 Å². The fourth-order valence-electron chi connectivity index (χ4n) is 3.97. The third-order valence-electron chi connectivity index (χ3n) is 5.36. The number of aryl methyl sites for hydroxylation is 1. The molecule has 2 N–H and O–H groups in total. The molecule has 4 amide bonds. The summed E-state index contributed by atoms with van der Waals surface area (Å²) >= 11 is 0. The van der Waals surface area contributed by atoms with Crippen LogP contribution in [-0.2, 0) is 20.7 Å². The molecule has 2 fully saturated rings. The van der Waals surface area contributed by atoms with Gasteiger partial charge >= 0.3 is 6.03 Å². The van der Waals surface area contributed by atoms with E-state index in [1.807, 2.05) is 18.2 Å². The number of benzene rings is 1. The van der Waals surface area contributed by atoms with E-state index in [9.17, 15) is 14.4 Å². The number of ether oxygens (including phenoxy) is 1. The van der Waals surface area contributed by atoms with E-state index in [0.717, 1.165) is 23.3 Å². The largest absolute Gasteiger partial charge is 0.381 e. The standard InChI is InChI=1S/C18H21N3O4/c22-15(19-14-6-5-12-3-1-2-4-13(12)14)11-21-16(23)18(20-17(21)24)7-9-25-10-8-18/h1-4,14H,5-11H2,(H,19,22)(H,20,24). The van der Waals surface area contributed by atoms with Crippen LogP contribution in [0, 0.1) is 0 Å². The molecule has 1 aromatic carbocycles. The first kappa shape index (κ1) is 16.1. The molecule has 0 radical (unpaired) electrons. The number of rotatable bonds is 3. The predicted octanol–water partition coefficient (Wildman–Crippen LogP) is 0.891. The van der Waals surface area contributed by atoms with Crippen molar-refractivity contribution < 1.29 is 19.1 Å². The number of nitrogens with zero attached hydrogens (tertiary/aromatic N) is 1. The molecule has 0 aromatic heterocycles. The molecule has 132 valence electrons. The van der Waals surface area contributed by atoms with Gasteiger partial charge in [0.25, 0.3) is 5.91 Å². The molecule has 3 aliphatic rings. The van der Waals surface area contributed by atoms with Crippen LogP contribution < -0.4 is 10.6 Å². The third kappa shape index (κ3) is 2.78. The SMILES string of the molecule is O=C(CN1C(=O)NC2(CCOCC2)C1=O)NC1CCc2ccccc21. The Morgan fingerprint density at radius 2 is 2.04 bits per heavy atom. The summed E-state index contributed by atoms with van der Waals surface area (Å²) in [5, 5.41) is 5.72. The van der Waals surface area contributed by atoms with E-state index < -0.39 is 11.6 Å². The van der Waals surface area contributed by atoms with Crippen LogP contribution in [-0.4, -0.2) is 48.0 Å². The fourth-order valence-corrected chi connectivity index (χ4v) is 3.97. The second kappa shape index (κ2) is 6.15. The van der Waals surface area contributed by atoms with Crippen LogP contribution in [0.15, 0.2) is 24.3 Å². The predicted molar refractivity (Wildman–Crippen MR) is 88.7 cm³/mol. The van der Waals surface area contributed by atoms with Gasteiger partial charge < -0.3 is 15.4 Å². The summed E-state index contributed by atoms with van der Waals surface area (Å²) in [4.78, 5) is 38.3. The van der Waals surface area contributed by atoms with Crippen LogP contribution in [0.5, 0.6) is 0 Å². The molecular formula is C18H21N3O4. The second-order valence-electron chi connectivity index (χ2n) is 6.87. The van der Waals surface area contributed by atoms with Gasteiger partial charge in [0.2, 0.25) is 5.91 Å². The topological polar surface area (TPSA) is 87.7 Å². The van der Waals surface area contributed by atoms with Crippen LogP contribution in [0.3, 0.4) is 0 Å². The van der Waals surface area contributed by atoms with E-state index in [0.29, 0.717) is 26.1 Å². The van der Waals surface area contributed by atoms with Gasteiger partial charge in [0.05, 0.1) is 6.04 Å². The highest BCUT2D eigenvalue weighted by Crippen LogP contribution is 2.31. The number of imide groups is 1. The summed E-state index contributed by atoms with van der Waals surface area (Å²) in [6.07, 6.45) is 2.66. The summed E-state index contributed by atoms with van der Waals surface area (Å²) in [6.45, 7) is 0.627. The molecule has 1 aliphatic carbocycles. The summed E-state index contributed by atoms with van der Waals surface area (Å²) in [6, 6.07) is 7.47. The molecule has 0 saturated carbocycles.